The van der Waals surface area contributed by atoms with Crippen LogP contribution in [-0.2, 0) is 13.2 Å². The molecule has 6 heteroatoms. The van der Waals surface area contributed by atoms with Crippen molar-refractivity contribution < 1.29 is 9.53 Å². The van der Waals surface area contributed by atoms with Crippen LogP contribution in [0.2, 0.25) is 0 Å². The zero-order valence-corrected chi connectivity index (χ0v) is 20.2. The molecule has 0 aliphatic heterocycles. The Kier molecular flexibility index (Phi) is 7.36. The van der Waals surface area contributed by atoms with Gasteiger partial charge in [-0.15, -0.1) is 0 Å². The molecule has 0 atom stereocenters. The molecule has 1 N–H and O–H groups in total. The molecule has 1 heterocycles. The lowest BCUT2D eigenvalue weighted by molar-refractivity contribution is 0.111. The predicted molar refractivity (Wildman–Crippen MR) is 137 cm³/mol. The third-order valence-electron chi connectivity index (χ3n) is 5.43. The highest BCUT2D eigenvalue weighted by atomic mass is 79.9. The molecule has 0 aliphatic rings. The number of aldehydes is 1. The smallest absolute Gasteiger partial charge is 0.153 e. The van der Waals surface area contributed by atoms with Gasteiger partial charge in [-0.05, 0) is 57.2 Å². The number of hydrogen-bond donors (Lipinski definition) is 1. The molecule has 0 amide bonds. The van der Waals surface area contributed by atoms with Crippen LogP contribution in [0.25, 0.3) is 11.1 Å². The molecule has 3 aromatic carbocycles. The van der Waals surface area contributed by atoms with Gasteiger partial charge >= 0.3 is 0 Å². The van der Waals surface area contributed by atoms with E-state index in [9.17, 15) is 4.79 Å². The maximum absolute atomic E-state index is 11.6. The fourth-order valence-corrected chi connectivity index (χ4v) is 4.29. The number of rotatable bonds is 8. The van der Waals surface area contributed by atoms with Crippen molar-refractivity contribution in [1.29, 1.82) is 5.26 Å². The van der Waals surface area contributed by atoms with Crippen LogP contribution in [0.1, 0.15) is 32.6 Å². The van der Waals surface area contributed by atoms with Gasteiger partial charge < -0.3 is 10.1 Å². The summed E-state index contributed by atoms with van der Waals surface area (Å²) in [6, 6.07) is 23.9. The third kappa shape index (κ3) is 5.33. The molecule has 0 radical (unpaired) electrons. The standard InChI is InChI=1S/C28H22BrN3O2/c1-19-10-24(17-33)27(34-18-21-11-20(13-30)14-31-15-21)12-26(19)32-16-23-8-5-9-25(28(23)29)22-6-3-2-4-7-22/h2-12,14-15,17,32H,16,18H2,1H3. The number of carbonyl (C=O) groups excluding carboxylic acids is 1. The molecule has 0 bridgehead atoms. The Balaban J connectivity index is 1.54. The van der Waals surface area contributed by atoms with Gasteiger partial charge in [0.1, 0.15) is 18.4 Å². The minimum absolute atomic E-state index is 0.205. The van der Waals surface area contributed by atoms with Gasteiger partial charge in [0, 0.05) is 40.7 Å². The number of aryl methyl sites for hydroxylation is 1. The van der Waals surface area contributed by atoms with Crippen LogP contribution in [0.4, 0.5) is 5.69 Å². The Morgan fingerprint density at radius 3 is 2.68 bits per heavy atom. The summed E-state index contributed by atoms with van der Waals surface area (Å²) in [7, 11) is 0. The van der Waals surface area contributed by atoms with Crippen molar-refractivity contribution in [3.63, 3.8) is 0 Å². The summed E-state index contributed by atoms with van der Waals surface area (Å²) in [6.45, 7) is 2.75. The number of anilines is 1. The zero-order valence-electron chi connectivity index (χ0n) is 18.6. The van der Waals surface area contributed by atoms with E-state index in [0.29, 0.717) is 23.4 Å². The quantitative estimate of drug-likeness (QED) is 0.266. The van der Waals surface area contributed by atoms with Gasteiger partial charge in [0.05, 0.1) is 11.1 Å². The molecule has 1 aromatic heterocycles. The van der Waals surface area contributed by atoms with E-state index >= 15 is 0 Å². The number of nitriles is 1. The van der Waals surface area contributed by atoms with E-state index in [-0.39, 0.29) is 6.61 Å². The first-order chi connectivity index (χ1) is 16.6. The van der Waals surface area contributed by atoms with Crippen molar-refractivity contribution in [2.24, 2.45) is 0 Å². The van der Waals surface area contributed by atoms with Crippen LogP contribution >= 0.6 is 15.9 Å². The first-order valence-corrected chi connectivity index (χ1v) is 11.5. The molecule has 4 aromatic rings. The van der Waals surface area contributed by atoms with Crippen LogP contribution in [0.5, 0.6) is 5.75 Å². The van der Waals surface area contributed by atoms with Gasteiger partial charge in [0.2, 0.25) is 0 Å². The molecule has 34 heavy (non-hydrogen) atoms. The minimum atomic E-state index is 0.205. The largest absolute Gasteiger partial charge is 0.488 e. The van der Waals surface area contributed by atoms with Crippen LogP contribution in [0, 0.1) is 18.3 Å². The van der Waals surface area contributed by atoms with Crippen LogP contribution in [0.15, 0.2) is 83.6 Å². The summed E-state index contributed by atoms with van der Waals surface area (Å²) in [5, 5.41) is 12.5. The van der Waals surface area contributed by atoms with Gasteiger partial charge in [0.15, 0.2) is 6.29 Å². The molecule has 168 valence electrons. The lowest BCUT2D eigenvalue weighted by Gasteiger charge is -2.16. The van der Waals surface area contributed by atoms with Crippen LogP contribution in [-0.4, -0.2) is 11.3 Å². The van der Waals surface area contributed by atoms with E-state index in [1.54, 1.807) is 12.3 Å². The number of nitrogens with zero attached hydrogens (tertiary/aromatic N) is 2. The van der Waals surface area contributed by atoms with Crippen molar-refractivity contribution >= 4 is 27.9 Å². The molecular weight excluding hydrogens is 490 g/mol. The number of nitrogens with one attached hydrogen (secondary N) is 1. The fraction of sp³-hybridized carbons (Fsp3) is 0.107. The van der Waals surface area contributed by atoms with Gasteiger partial charge in [-0.3, -0.25) is 9.78 Å². The number of halogens is 1. The molecule has 0 saturated carbocycles. The summed E-state index contributed by atoms with van der Waals surface area (Å²) in [4.78, 5) is 15.7. The SMILES string of the molecule is Cc1cc(C=O)c(OCc2cncc(C#N)c2)cc1NCc1cccc(-c2ccccc2)c1Br. The first-order valence-electron chi connectivity index (χ1n) is 10.7. The number of ether oxygens (including phenoxy) is 1. The molecule has 4 rings (SSSR count). The summed E-state index contributed by atoms with van der Waals surface area (Å²) in [5.41, 5.74) is 6.90. The summed E-state index contributed by atoms with van der Waals surface area (Å²) in [6.07, 6.45) is 3.93. The van der Waals surface area contributed by atoms with Gasteiger partial charge in [0.25, 0.3) is 0 Å². The minimum Gasteiger partial charge on any atom is -0.488 e. The second-order valence-electron chi connectivity index (χ2n) is 7.80. The average Bonchev–Trinajstić information content (AvgIpc) is 2.88. The fourth-order valence-electron chi connectivity index (χ4n) is 3.65. The lowest BCUT2D eigenvalue weighted by Crippen LogP contribution is -2.05. The Labute approximate surface area is 207 Å². The van der Waals surface area contributed by atoms with Crippen molar-refractivity contribution in [2.45, 2.75) is 20.1 Å². The molecule has 0 unspecified atom stereocenters. The van der Waals surface area contributed by atoms with Crippen LogP contribution in [0.3, 0.4) is 0 Å². The molecule has 0 aliphatic carbocycles. The number of pyridine rings is 1. The van der Waals surface area contributed by atoms with Gasteiger partial charge in [-0.2, -0.15) is 5.26 Å². The Hall–Kier alpha value is -3.95. The average molecular weight is 512 g/mol. The number of benzene rings is 3. The highest BCUT2D eigenvalue weighted by molar-refractivity contribution is 9.10. The zero-order chi connectivity index (χ0) is 23.9. The van der Waals surface area contributed by atoms with Crippen molar-refractivity contribution in [1.82, 2.24) is 4.98 Å². The lowest BCUT2D eigenvalue weighted by atomic mass is 10.0. The van der Waals surface area contributed by atoms with E-state index in [0.717, 1.165) is 44.3 Å². The van der Waals surface area contributed by atoms with Gasteiger partial charge in [-0.1, -0.05) is 48.5 Å². The number of aromatic nitrogens is 1. The maximum Gasteiger partial charge on any atom is 0.153 e. The van der Waals surface area contributed by atoms with Crippen LogP contribution < -0.4 is 10.1 Å². The molecule has 0 spiro atoms. The second-order valence-corrected chi connectivity index (χ2v) is 8.60. The van der Waals surface area contributed by atoms with Crippen molar-refractivity contribution in [3.05, 3.63) is 111 Å². The monoisotopic (exact) mass is 511 g/mol. The normalized spacial score (nSPS) is 10.4. The first kappa shape index (κ1) is 23.2. The summed E-state index contributed by atoms with van der Waals surface area (Å²) in [5.74, 6) is 0.475. The molecule has 0 fully saturated rings. The summed E-state index contributed by atoms with van der Waals surface area (Å²) < 4.78 is 6.97. The van der Waals surface area contributed by atoms with Crippen molar-refractivity contribution in [2.75, 3.05) is 5.32 Å². The van der Waals surface area contributed by atoms with E-state index in [4.69, 9.17) is 10.00 Å². The van der Waals surface area contributed by atoms with E-state index in [1.165, 1.54) is 6.20 Å². The number of carbonyl (C=O) groups is 1. The van der Waals surface area contributed by atoms with Gasteiger partial charge in [-0.25, -0.2) is 0 Å². The van der Waals surface area contributed by atoms with E-state index < -0.39 is 0 Å². The molecule has 5 nitrogen and oxygen atoms in total. The Morgan fingerprint density at radius 2 is 1.91 bits per heavy atom. The van der Waals surface area contributed by atoms with E-state index in [2.05, 4.69) is 56.6 Å². The second kappa shape index (κ2) is 10.8. The highest BCUT2D eigenvalue weighted by Gasteiger charge is 2.11. The topological polar surface area (TPSA) is 75.0 Å². The Bertz CT molecular complexity index is 1360. The highest BCUT2D eigenvalue weighted by Crippen LogP contribution is 2.32. The predicted octanol–water partition coefficient (Wildman–Crippen LogP) is 6.69. The molecule has 0 saturated heterocycles. The third-order valence-corrected chi connectivity index (χ3v) is 6.37. The summed E-state index contributed by atoms with van der Waals surface area (Å²) >= 11 is 3.77. The molecular formula is C28H22BrN3O2. The maximum atomic E-state index is 11.6. The van der Waals surface area contributed by atoms with E-state index in [1.807, 2.05) is 43.3 Å². The Morgan fingerprint density at radius 1 is 1.09 bits per heavy atom. The number of hydrogen-bond acceptors (Lipinski definition) is 5. The van der Waals surface area contributed by atoms with Crippen molar-refractivity contribution in [3.8, 4) is 22.9 Å².